The fourth-order valence-electron chi connectivity index (χ4n) is 2.56. The summed E-state index contributed by atoms with van der Waals surface area (Å²) in [6.45, 7) is -0.180. The molecule has 1 aromatic heterocycles. The molecule has 0 atom stereocenters. The second-order valence-corrected chi connectivity index (χ2v) is 6.48. The maximum atomic E-state index is 12.6. The quantitative estimate of drug-likeness (QED) is 0.557. The highest BCUT2D eigenvalue weighted by molar-refractivity contribution is 5.92. The summed E-state index contributed by atoms with van der Waals surface area (Å²) in [6.07, 6.45) is -3.73. The molecule has 0 saturated heterocycles. The second kappa shape index (κ2) is 9.82. The van der Waals surface area contributed by atoms with E-state index < -0.39 is 17.8 Å². The Bertz CT molecular complexity index is 1080. The van der Waals surface area contributed by atoms with Crippen LogP contribution in [-0.4, -0.2) is 24.0 Å². The third kappa shape index (κ3) is 6.21. The van der Waals surface area contributed by atoms with Crippen molar-refractivity contribution in [3.8, 4) is 11.5 Å². The van der Waals surface area contributed by atoms with Crippen molar-refractivity contribution < 1.29 is 32.2 Å². The van der Waals surface area contributed by atoms with Gasteiger partial charge in [0.1, 0.15) is 23.8 Å². The molecule has 0 aliphatic rings. The normalized spacial score (nSPS) is 10.9. The van der Waals surface area contributed by atoms with E-state index in [1.165, 1.54) is 31.4 Å². The predicted molar refractivity (Wildman–Crippen MR) is 109 cm³/mol. The van der Waals surface area contributed by atoms with E-state index in [-0.39, 0.29) is 18.2 Å². The molecule has 0 radical (unpaired) electrons. The van der Waals surface area contributed by atoms with Gasteiger partial charge in [0.05, 0.1) is 5.56 Å². The lowest BCUT2D eigenvalue weighted by molar-refractivity contribution is -0.137. The molecule has 1 heterocycles. The van der Waals surface area contributed by atoms with Gasteiger partial charge in [-0.15, -0.1) is 0 Å². The van der Waals surface area contributed by atoms with E-state index in [2.05, 4.69) is 15.6 Å². The number of amides is 2. The summed E-state index contributed by atoms with van der Waals surface area (Å²) in [5.74, 6) is 0.530. The van der Waals surface area contributed by atoms with Crippen LogP contribution in [0.5, 0.6) is 11.5 Å². The van der Waals surface area contributed by atoms with Gasteiger partial charge < -0.3 is 14.8 Å². The monoisotopic (exact) mass is 445 g/mol. The van der Waals surface area contributed by atoms with Gasteiger partial charge in [-0.1, -0.05) is 12.1 Å². The topological polar surface area (TPSA) is 89.6 Å². The number of carbonyl (C=O) groups excluding carboxylic acids is 2. The van der Waals surface area contributed by atoms with E-state index in [1.807, 2.05) is 0 Å². The SMILES string of the molecule is CNC(=O)c1cc(Oc2ccc(NC(=O)OCc3ccc(C(F)(F)F)cc3)cc2)ccn1. The van der Waals surface area contributed by atoms with E-state index in [0.29, 0.717) is 22.7 Å². The van der Waals surface area contributed by atoms with Gasteiger partial charge in [-0.05, 0) is 48.0 Å². The summed E-state index contributed by atoms with van der Waals surface area (Å²) in [5.41, 5.74) is 0.282. The molecule has 0 bridgehead atoms. The minimum absolute atomic E-state index is 0.180. The second-order valence-electron chi connectivity index (χ2n) is 6.48. The molecule has 2 amide bonds. The first-order chi connectivity index (χ1) is 15.2. The first-order valence-corrected chi connectivity index (χ1v) is 9.30. The Balaban J connectivity index is 1.52. The smallest absolute Gasteiger partial charge is 0.416 e. The largest absolute Gasteiger partial charge is 0.457 e. The Morgan fingerprint density at radius 1 is 0.969 bits per heavy atom. The summed E-state index contributed by atoms with van der Waals surface area (Å²) < 4.78 is 48.4. The number of halogens is 3. The molecule has 0 aliphatic carbocycles. The van der Waals surface area contributed by atoms with Crippen molar-refractivity contribution in [2.75, 3.05) is 12.4 Å². The van der Waals surface area contributed by atoms with Gasteiger partial charge in [-0.25, -0.2) is 4.79 Å². The van der Waals surface area contributed by atoms with E-state index in [0.717, 1.165) is 12.1 Å². The summed E-state index contributed by atoms with van der Waals surface area (Å²) >= 11 is 0. The van der Waals surface area contributed by atoms with Crippen molar-refractivity contribution >= 4 is 17.7 Å². The van der Waals surface area contributed by atoms with E-state index in [9.17, 15) is 22.8 Å². The van der Waals surface area contributed by atoms with Crippen LogP contribution < -0.4 is 15.4 Å². The highest BCUT2D eigenvalue weighted by Crippen LogP contribution is 2.29. The average Bonchev–Trinajstić information content (AvgIpc) is 2.78. The lowest BCUT2D eigenvalue weighted by Crippen LogP contribution is -2.18. The summed E-state index contributed by atoms with van der Waals surface area (Å²) in [6, 6.07) is 13.8. The number of anilines is 1. The van der Waals surface area contributed by atoms with Crippen molar-refractivity contribution in [2.45, 2.75) is 12.8 Å². The van der Waals surface area contributed by atoms with Crippen molar-refractivity contribution in [2.24, 2.45) is 0 Å². The maximum Gasteiger partial charge on any atom is 0.416 e. The van der Waals surface area contributed by atoms with Gasteiger partial charge in [0, 0.05) is 25.0 Å². The van der Waals surface area contributed by atoms with Crippen molar-refractivity contribution in [3.63, 3.8) is 0 Å². The molecule has 0 aliphatic heterocycles. The molecular weight excluding hydrogens is 427 g/mol. The molecule has 32 heavy (non-hydrogen) atoms. The number of nitrogens with one attached hydrogen (secondary N) is 2. The zero-order chi connectivity index (χ0) is 23.1. The first kappa shape index (κ1) is 22.6. The van der Waals surface area contributed by atoms with Gasteiger partial charge in [0.25, 0.3) is 5.91 Å². The van der Waals surface area contributed by atoms with Crippen LogP contribution in [0.4, 0.5) is 23.7 Å². The van der Waals surface area contributed by atoms with Crippen molar-refractivity contribution in [1.82, 2.24) is 10.3 Å². The van der Waals surface area contributed by atoms with Crippen LogP contribution in [0.15, 0.2) is 66.9 Å². The van der Waals surface area contributed by atoms with Crippen molar-refractivity contribution in [1.29, 1.82) is 0 Å². The standard InChI is InChI=1S/C22H18F3N3O4/c1-26-20(29)19-12-18(10-11-27-19)32-17-8-6-16(7-9-17)28-21(30)31-13-14-2-4-15(5-3-14)22(23,24)25/h2-12H,13H2,1H3,(H,26,29)(H,28,30). The Hall–Kier alpha value is -4.08. The molecule has 2 aromatic carbocycles. The predicted octanol–water partition coefficient (Wildman–Crippen LogP) is 5.00. The van der Waals surface area contributed by atoms with Crippen LogP contribution in [0, 0.1) is 0 Å². The molecule has 0 saturated carbocycles. The zero-order valence-electron chi connectivity index (χ0n) is 16.8. The van der Waals surface area contributed by atoms with Crippen LogP contribution in [0.1, 0.15) is 21.6 Å². The molecule has 2 N–H and O–H groups in total. The van der Waals surface area contributed by atoms with Crippen LogP contribution in [0.2, 0.25) is 0 Å². The molecule has 0 unspecified atom stereocenters. The fourth-order valence-corrected chi connectivity index (χ4v) is 2.56. The number of alkyl halides is 3. The van der Waals surface area contributed by atoms with E-state index >= 15 is 0 Å². The van der Waals surface area contributed by atoms with Gasteiger partial charge in [-0.3, -0.25) is 15.1 Å². The summed E-state index contributed by atoms with van der Waals surface area (Å²) in [5, 5.41) is 4.98. The summed E-state index contributed by atoms with van der Waals surface area (Å²) in [7, 11) is 1.50. The van der Waals surface area contributed by atoms with Gasteiger partial charge in [0.2, 0.25) is 0 Å². The van der Waals surface area contributed by atoms with E-state index in [4.69, 9.17) is 9.47 Å². The van der Waals surface area contributed by atoms with Gasteiger partial charge >= 0.3 is 12.3 Å². The van der Waals surface area contributed by atoms with Crippen LogP contribution >= 0.6 is 0 Å². The average molecular weight is 445 g/mol. The number of hydrogen-bond donors (Lipinski definition) is 2. The third-order valence-corrected chi connectivity index (χ3v) is 4.18. The zero-order valence-corrected chi connectivity index (χ0v) is 16.8. The fraction of sp³-hybridized carbons (Fsp3) is 0.136. The van der Waals surface area contributed by atoms with Crippen LogP contribution in [0.3, 0.4) is 0 Å². The molecule has 3 rings (SSSR count). The number of hydrogen-bond acceptors (Lipinski definition) is 5. The molecular formula is C22H18F3N3O4. The maximum absolute atomic E-state index is 12.6. The molecule has 0 spiro atoms. The Kier molecular flexibility index (Phi) is 6.93. The Morgan fingerprint density at radius 2 is 1.66 bits per heavy atom. The van der Waals surface area contributed by atoms with Crippen LogP contribution in [-0.2, 0) is 17.5 Å². The Morgan fingerprint density at radius 3 is 2.28 bits per heavy atom. The number of carbonyl (C=O) groups is 2. The van der Waals surface area contributed by atoms with Gasteiger partial charge in [0.15, 0.2) is 0 Å². The minimum atomic E-state index is -4.42. The first-order valence-electron chi connectivity index (χ1n) is 9.30. The lowest BCUT2D eigenvalue weighted by Gasteiger charge is -2.10. The summed E-state index contributed by atoms with van der Waals surface area (Å²) in [4.78, 5) is 27.5. The number of pyridine rings is 1. The number of nitrogens with zero attached hydrogens (tertiary/aromatic N) is 1. The highest BCUT2D eigenvalue weighted by Gasteiger charge is 2.29. The number of rotatable bonds is 6. The lowest BCUT2D eigenvalue weighted by atomic mass is 10.1. The molecule has 166 valence electrons. The van der Waals surface area contributed by atoms with E-state index in [1.54, 1.807) is 30.3 Å². The molecule has 10 heteroatoms. The Labute approximate surface area is 181 Å². The van der Waals surface area contributed by atoms with Crippen molar-refractivity contribution in [3.05, 3.63) is 83.7 Å². The molecule has 3 aromatic rings. The number of aromatic nitrogens is 1. The molecule has 7 nitrogen and oxygen atoms in total. The third-order valence-electron chi connectivity index (χ3n) is 4.18. The van der Waals surface area contributed by atoms with Gasteiger partial charge in [-0.2, -0.15) is 13.2 Å². The highest BCUT2D eigenvalue weighted by atomic mass is 19.4. The minimum Gasteiger partial charge on any atom is -0.457 e. The number of benzene rings is 2. The number of ether oxygens (including phenoxy) is 2. The molecule has 0 fully saturated rings. The van der Waals surface area contributed by atoms with Crippen LogP contribution in [0.25, 0.3) is 0 Å².